The van der Waals surface area contributed by atoms with Gasteiger partial charge in [0, 0.05) is 6.04 Å². The van der Waals surface area contributed by atoms with Crippen LogP contribution in [0.25, 0.3) is 0 Å². The van der Waals surface area contributed by atoms with Gasteiger partial charge in [0.2, 0.25) is 6.39 Å². The van der Waals surface area contributed by atoms with E-state index in [0.717, 1.165) is 5.69 Å². The Balaban J connectivity index is 2.21. The predicted octanol–water partition coefficient (Wildman–Crippen LogP) is -0.271. The number of nitrogens with two attached hydrogens (primary N) is 1. The molecular weight excluding hydrogens is 184 g/mol. The van der Waals surface area contributed by atoms with E-state index in [4.69, 9.17) is 5.73 Å². The molecule has 0 unspecified atom stereocenters. The highest BCUT2D eigenvalue weighted by Gasteiger charge is 2.10. The number of aromatic nitrogens is 5. The molecule has 7 heteroatoms. The van der Waals surface area contributed by atoms with Crippen LogP contribution in [-0.4, -0.2) is 25.1 Å². The Labute approximate surface area is 79.9 Å². The zero-order valence-electron chi connectivity index (χ0n) is 7.66. The smallest absolute Gasteiger partial charge is 0.213 e. The molecular formula is C7H10N6O. The van der Waals surface area contributed by atoms with Gasteiger partial charge in [-0.3, -0.25) is 0 Å². The fourth-order valence-electron chi connectivity index (χ4n) is 1.14. The largest absolute Gasteiger partial charge is 0.343 e. The zero-order chi connectivity index (χ0) is 9.97. The van der Waals surface area contributed by atoms with Gasteiger partial charge in [0.1, 0.15) is 6.54 Å². The Morgan fingerprint density at radius 1 is 1.64 bits per heavy atom. The van der Waals surface area contributed by atoms with Gasteiger partial charge in [-0.2, -0.15) is 4.98 Å². The summed E-state index contributed by atoms with van der Waals surface area (Å²) in [5.41, 5.74) is 6.57. The Morgan fingerprint density at radius 2 is 2.50 bits per heavy atom. The van der Waals surface area contributed by atoms with Crippen molar-refractivity contribution in [2.45, 2.75) is 19.5 Å². The first-order chi connectivity index (χ1) is 6.77. The third kappa shape index (κ3) is 1.62. The van der Waals surface area contributed by atoms with Crippen LogP contribution in [0.5, 0.6) is 0 Å². The van der Waals surface area contributed by atoms with Crippen molar-refractivity contribution >= 4 is 0 Å². The summed E-state index contributed by atoms with van der Waals surface area (Å²) in [5, 5.41) is 11.3. The Morgan fingerprint density at radius 3 is 3.14 bits per heavy atom. The van der Waals surface area contributed by atoms with Crippen LogP contribution in [0.4, 0.5) is 0 Å². The highest BCUT2D eigenvalue weighted by molar-refractivity contribution is 5.00. The van der Waals surface area contributed by atoms with Crippen molar-refractivity contribution in [3.05, 3.63) is 24.1 Å². The van der Waals surface area contributed by atoms with Crippen LogP contribution >= 0.6 is 0 Å². The van der Waals surface area contributed by atoms with Crippen molar-refractivity contribution in [3.63, 3.8) is 0 Å². The number of rotatable bonds is 3. The first-order valence-corrected chi connectivity index (χ1v) is 4.16. The highest BCUT2D eigenvalue weighted by atomic mass is 16.5. The molecule has 0 saturated carbocycles. The van der Waals surface area contributed by atoms with Crippen molar-refractivity contribution in [1.29, 1.82) is 0 Å². The molecule has 2 aromatic heterocycles. The molecule has 0 bridgehead atoms. The summed E-state index contributed by atoms with van der Waals surface area (Å²) in [6.07, 6.45) is 2.91. The maximum Gasteiger partial charge on any atom is 0.213 e. The molecule has 0 spiro atoms. The SMILES string of the molecule is C[C@@H](N)c1cnnn1Cc1ncon1. The first-order valence-electron chi connectivity index (χ1n) is 4.16. The second-order valence-electron chi connectivity index (χ2n) is 2.95. The van der Waals surface area contributed by atoms with Crippen molar-refractivity contribution < 1.29 is 4.52 Å². The molecule has 2 aromatic rings. The van der Waals surface area contributed by atoms with E-state index < -0.39 is 0 Å². The summed E-state index contributed by atoms with van der Waals surface area (Å²) in [4.78, 5) is 3.88. The van der Waals surface area contributed by atoms with Crippen LogP contribution in [0.2, 0.25) is 0 Å². The monoisotopic (exact) mass is 194 g/mol. The van der Waals surface area contributed by atoms with E-state index in [-0.39, 0.29) is 6.04 Å². The van der Waals surface area contributed by atoms with Crippen molar-refractivity contribution in [1.82, 2.24) is 25.1 Å². The maximum absolute atomic E-state index is 5.72. The van der Waals surface area contributed by atoms with Gasteiger partial charge in [-0.1, -0.05) is 10.4 Å². The van der Waals surface area contributed by atoms with Crippen molar-refractivity contribution in [2.24, 2.45) is 5.73 Å². The first kappa shape index (κ1) is 8.82. The van der Waals surface area contributed by atoms with E-state index in [9.17, 15) is 0 Å². The topological polar surface area (TPSA) is 95.7 Å². The lowest BCUT2D eigenvalue weighted by Crippen LogP contribution is -2.14. The molecule has 74 valence electrons. The molecule has 0 amide bonds. The van der Waals surface area contributed by atoms with E-state index in [1.807, 2.05) is 6.92 Å². The van der Waals surface area contributed by atoms with Gasteiger partial charge in [0.15, 0.2) is 5.82 Å². The predicted molar refractivity (Wildman–Crippen MR) is 46.0 cm³/mol. The molecule has 0 aliphatic heterocycles. The molecule has 7 nitrogen and oxygen atoms in total. The molecule has 2 rings (SSSR count). The molecule has 0 radical (unpaired) electrons. The molecule has 0 aromatic carbocycles. The van der Waals surface area contributed by atoms with E-state index in [2.05, 4.69) is 25.0 Å². The van der Waals surface area contributed by atoms with Crippen LogP contribution in [-0.2, 0) is 6.54 Å². The second kappa shape index (κ2) is 3.54. The minimum absolute atomic E-state index is 0.114. The lowest BCUT2D eigenvalue weighted by Gasteiger charge is -2.05. The van der Waals surface area contributed by atoms with Gasteiger partial charge in [-0.25, -0.2) is 4.68 Å². The quantitative estimate of drug-likeness (QED) is 0.722. The Hall–Kier alpha value is -1.76. The van der Waals surface area contributed by atoms with Gasteiger partial charge in [0.05, 0.1) is 11.9 Å². The van der Waals surface area contributed by atoms with Crippen LogP contribution in [0, 0.1) is 0 Å². The fraction of sp³-hybridized carbons (Fsp3) is 0.429. The minimum Gasteiger partial charge on any atom is -0.343 e. The third-order valence-electron chi connectivity index (χ3n) is 1.81. The van der Waals surface area contributed by atoms with E-state index in [1.54, 1.807) is 10.9 Å². The normalized spacial score (nSPS) is 13.0. The standard InChI is InChI=1S/C7H10N6O/c1-5(8)6-2-10-12-13(6)3-7-9-4-14-11-7/h2,4-5H,3,8H2,1H3/t5-/m1/s1. The van der Waals surface area contributed by atoms with Crippen LogP contribution < -0.4 is 5.73 Å². The zero-order valence-corrected chi connectivity index (χ0v) is 7.66. The molecule has 0 fully saturated rings. The van der Waals surface area contributed by atoms with E-state index >= 15 is 0 Å². The van der Waals surface area contributed by atoms with Crippen LogP contribution in [0.1, 0.15) is 24.5 Å². The molecule has 1 atom stereocenters. The molecule has 0 saturated heterocycles. The van der Waals surface area contributed by atoms with E-state index in [0.29, 0.717) is 12.4 Å². The van der Waals surface area contributed by atoms with Gasteiger partial charge in [-0.05, 0) is 6.92 Å². The van der Waals surface area contributed by atoms with Crippen LogP contribution in [0.15, 0.2) is 17.1 Å². The number of hydrogen-bond acceptors (Lipinski definition) is 6. The summed E-state index contributed by atoms with van der Waals surface area (Å²) in [6.45, 7) is 2.29. The Bertz CT molecular complexity index is 392. The summed E-state index contributed by atoms with van der Waals surface area (Å²) in [5.74, 6) is 0.553. The van der Waals surface area contributed by atoms with Gasteiger partial charge < -0.3 is 10.3 Å². The molecule has 14 heavy (non-hydrogen) atoms. The third-order valence-corrected chi connectivity index (χ3v) is 1.81. The molecule has 0 aliphatic carbocycles. The van der Waals surface area contributed by atoms with Gasteiger partial charge in [-0.15, -0.1) is 5.10 Å². The summed E-state index contributed by atoms with van der Waals surface area (Å²) in [7, 11) is 0. The molecule has 2 heterocycles. The lowest BCUT2D eigenvalue weighted by molar-refractivity contribution is 0.405. The summed E-state index contributed by atoms with van der Waals surface area (Å²) >= 11 is 0. The lowest BCUT2D eigenvalue weighted by atomic mass is 10.3. The van der Waals surface area contributed by atoms with Crippen molar-refractivity contribution in [2.75, 3.05) is 0 Å². The summed E-state index contributed by atoms with van der Waals surface area (Å²) < 4.78 is 6.26. The average Bonchev–Trinajstić information content (AvgIpc) is 2.75. The number of nitrogens with zero attached hydrogens (tertiary/aromatic N) is 5. The highest BCUT2D eigenvalue weighted by Crippen LogP contribution is 2.07. The van der Waals surface area contributed by atoms with Gasteiger partial charge >= 0.3 is 0 Å². The van der Waals surface area contributed by atoms with Crippen LogP contribution in [0.3, 0.4) is 0 Å². The van der Waals surface area contributed by atoms with E-state index in [1.165, 1.54) is 6.39 Å². The van der Waals surface area contributed by atoms with Crippen molar-refractivity contribution in [3.8, 4) is 0 Å². The summed E-state index contributed by atoms with van der Waals surface area (Å²) in [6, 6.07) is -0.114. The minimum atomic E-state index is -0.114. The number of hydrogen-bond donors (Lipinski definition) is 1. The maximum atomic E-state index is 5.72. The molecule has 0 aliphatic rings. The molecule has 2 N–H and O–H groups in total. The fourth-order valence-corrected chi connectivity index (χ4v) is 1.14. The average molecular weight is 194 g/mol. The second-order valence-corrected chi connectivity index (χ2v) is 2.95. The van der Waals surface area contributed by atoms with Gasteiger partial charge in [0.25, 0.3) is 0 Å². The Kier molecular flexibility index (Phi) is 2.23.